The fourth-order valence-corrected chi connectivity index (χ4v) is 3.40. The van der Waals surface area contributed by atoms with E-state index in [0.29, 0.717) is 4.88 Å². The topological polar surface area (TPSA) is 47.6 Å². The van der Waals surface area contributed by atoms with E-state index in [0.717, 1.165) is 33.2 Å². The molecule has 0 saturated heterocycles. The van der Waals surface area contributed by atoms with Crippen LogP contribution in [-0.4, -0.2) is 12.7 Å². The van der Waals surface area contributed by atoms with E-state index in [1.165, 1.54) is 11.3 Å². The zero-order valence-electron chi connectivity index (χ0n) is 14.2. The molecule has 0 saturated carbocycles. The molecule has 2 heterocycles. The van der Waals surface area contributed by atoms with Gasteiger partial charge < -0.3 is 14.8 Å². The number of rotatable bonds is 4. The van der Waals surface area contributed by atoms with Gasteiger partial charge >= 0.3 is 0 Å². The summed E-state index contributed by atoms with van der Waals surface area (Å²) in [6.45, 7) is 2.27. The van der Waals surface area contributed by atoms with Crippen molar-refractivity contribution in [2.24, 2.45) is 0 Å². The largest absolute Gasteiger partial charge is 0.454 e. The minimum Gasteiger partial charge on any atom is -0.454 e. The molecule has 1 aliphatic heterocycles. The smallest absolute Gasteiger partial charge is 0.265 e. The van der Waals surface area contributed by atoms with Gasteiger partial charge in [0.15, 0.2) is 11.5 Å². The summed E-state index contributed by atoms with van der Waals surface area (Å²) < 4.78 is 10.7. The standard InChI is InChI=1S/C21H17NO3S/c1-14-2-11-20(26-14)21(23)22-17-8-5-15(6-9-17)3-4-16-7-10-18-19(12-16)25-13-24-18/h2-12H,13H2,1H3,(H,22,23)/b4-3+. The molecule has 0 fully saturated rings. The van der Waals surface area contributed by atoms with Crippen molar-refractivity contribution in [3.8, 4) is 11.5 Å². The second-order valence-electron chi connectivity index (χ2n) is 5.93. The summed E-state index contributed by atoms with van der Waals surface area (Å²) in [4.78, 5) is 14.0. The number of hydrogen-bond donors (Lipinski definition) is 1. The Kier molecular flexibility index (Phi) is 4.46. The first kappa shape index (κ1) is 16.4. The summed E-state index contributed by atoms with van der Waals surface area (Å²) in [7, 11) is 0. The van der Waals surface area contributed by atoms with Crippen molar-refractivity contribution in [3.05, 3.63) is 75.5 Å². The highest BCUT2D eigenvalue weighted by Crippen LogP contribution is 2.33. The second-order valence-corrected chi connectivity index (χ2v) is 7.22. The molecule has 130 valence electrons. The fourth-order valence-electron chi connectivity index (χ4n) is 2.64. The van der Waals surface area contributed by atoms with Gasteiger partial charge in [0.25, 0.3) is 5.91 Å². The summed E-state index contributed by atoms with van der Waals surface area (Å²) in [5, 5.41) is 2.92. The van der Waals surface area contributed by atoms with E-state index in [2.05, 4.69) is 5.32 Å². The monoisotopic (exact) mass is 363 g/mol. The van der Waals surface area contributed by atoms with Gasteiger partial charge in [-0.1, -0.05) is 30.4 Å². The zero-order valence-corrected chi connectivity index (χ0v) is 15.0. The Hall–Kier alpha value is -3.05. The van der Waals surface area contributed by atoms with Gasteiger partial charge in [-0.25, -0.2) is 0 Å². The highest BCUT2D eigenvalue weighted by Gasteiger charge is 2.12. The number of thiophene rings is 1. The van der Waals surface area contributed by atoms with Crippen LogP contribution in [0, 0.1) is 6.92 Å². The van der Waals surface area contributed by atoms with Crippen molar-refractivity contribution in [1.82, 2.24) is 0 Å². The van der Waals surface area contributed by atoms with Crippen LogP contribution in [0.1, 0.15) is 25.7 Å². The maximum absolute atomic E-state index is 12.2. The highest BCUT2D eigenvalue weighted by atomic mass is 32.1. The van der Waals surface area contributed by atoms with Crippen molar-refractivity contribution >= 4 is 35.1 Å². The predicted molar refractivity (Wildman–Crippen MR) is 105 cm³/mol. The van der Waals surface area contributed by atoms with Crippen LogP contribution in [0.4, 0.5) is 5.69 Å². The summed E-state index contributed by atoms with van der Waals surface area (Å²) in [5.74, 6) is 1.48. The van der Waals surface area contributed by atoms with E-state index in [-0.39, 0.29) is 12.7 Å². The van der Waals surface area contributed by atoms with Gasteiger partial charge in [0.05, 0.1) is 4.88 Å². The maximum Gasteiger partial charge on any atom is 0.265 e. The molecule has 0 radical (unpaired) electrons. The van der Waals surface area contributed by atoms with Crippen LogP contribution >= 0.6 is 11.3 Å². The van der Waals surface area contributed by atoms with Crippen LogP contribution in [0.2, 0.25) is 0 Å². The van der Waals surface area contributed by atoms with Gasteiger partial charge in [-0.15, -0.1) is 11.3 Å². The van der Waals surface area contributed by atoms with Crippen molar-refractivity contribution in [3.63, 3.8) is 0 Å². The Morgan fingerprint density at radius 1 is 0.962 bits per heavy atom. The van der Waals surface area contributed by atoms with Gasteiger partial charge in [-0.05, 0) is 54.4 Å². The molecule has 26 heavy (non-hydrogen) atoms. The van der Waals surface area contributed by atoms with Crippen LogP contribution in [0.15, 0.2) is 54.6 Å². The van der Waals surface area contributed by atoms with Crippen molar-refractivity contribution in [1.29, 1.82) is 0 Å². The van der Waals surface area contributed by atoms with Crippen molar-refractivity contribution in [2.45, 2.75) is 6.92 Å². The molecule has 4 rings (SSSR count). The Labute approximate surface area is 155 Å². The van der Waals surface area contributed by atoms with Crippen LogP contribution in [-0.2, 0) is 0 Å². The van der Waals surface area contributed by atoms with Crippen LogP contribution in [0.25, 0.3) is 12.2 Å². The number of anilines is 1. The quantitative estimate of drug-likeness (QED) is 0.648. The van der Waals surface area contributed by atoms with Crippen LogP contribution < -0.4 is 14.8 Å². The summed E-state index contributed by atoms with van der Waals surface area (Å²) >= 11 is 1.49. The summed E-state index contributed by atoms with van der Waals surface area (Å²) in [5.41, 5.74) is 2.87. The molecule has 1 aromatic heterocycles. The fraction of sp³-hybridized carbons (Fsp3) is 0.0952. The first-order chi connectivity index (χ1) is 12.7. The minimum absolute atomic E-state index is 0.0771. The highest BCUT2D eigenvalue weighted by molar-refractivity contribution is 7.14. The Morgan fingerprint density at radius 2 is 1.69 bits per heavy atom. The second kappa shape index (κ2) is 7.06. The lowest BCUT2D eigenvalue weighted by atomic mass is 10.1. The molecule has 1 aliphatic rings. The molecular weight excluding hydrogens is 346 g/mol. The average molecular weight is 363 g/mol. The summed E-state index contributed by atoms with van der Waals surface area (Å²) in [6, 6.07) is 17.4. The number of amides is 1. The first-order valence-corrected chi connectivity index (χ1v) is 9.05. The van der Waals surface area contributed by atoms with E-state index in [4.69, 9.17) is 9.47 Å². The van der Waals surface area contributed by atoms with E-state index in [1.54, 1.807) is 0 Å². The molecule has 1 N–H and O–H groups in total. The molecule has 0 aliphatic carbocycles. The van der Waals surface area contributed by atoms with E-state index in [9.17, 15) is 4.79 Å². The van der Waals surface area contributed by atoms with Crippen LogP contribution in [0.5, 0.6) is 11.5 Å². The average Bonchev–Trinajstić information content (AvgIpc) is 3.29. The Bertz CT molecular complexity index is 973. The molecule has 1 amide bonds. The SMILES string of the molecule is Cc1ccc(C(=O)Nc2ccc(/C=C/c3ccc4c(c3)OCO4)cc2)s1. The molecule has 3 aromatic rings. The Morgan fingerprint density at radius 3 is 2.46 bits per heavy atom. The van der Waals surface area contributed by atoms with Gasteiger partial charge in [-0.3, -0.25) is 4.79 Å². The third-order valence-electron chi connectivity index (χ3n) is 4.00. The normalized spacial score (nSPS) is 12.5. The molecule has 0 atom stereocenters. The van der Waals surface area contributed by atoms with E-state index < -0.39 is 0 Å². The maximum atomic E-state index is 12.2. The third-order valence-corrected chi connectivity index (χ3v) is 5.00. The van der Waals surface area contributed by atoms with E-state index in [1.807, 2.05) is 73.7 Å². The van der Waals surface area contributed by atoms with Crippen molar-refractivity contribution in [2.75, 3.05) is 12.1 Å². The third kappa shape index (κ3) is 3.63. The number of hydrogen-bond acceptors (Lipinski definition) is 4. The molecule has 5 heteroatoms. The van der Waals surface area contributed by atoms with Crippen LogP contribution in [0.3, 0.4) is 0 Å². The van der Waals surface area contributed by atoms with Gasteiger partial charge in [0.2, 0.25) is 6.79 Å². The first-order valence-electron chi connectivity index (χ1n) is 8.23. The van der Waals surface area contributed by atoms with Gasteiger partial charge in [0.1, 0.15) is 0 Å². The lowest BCUT2D eigenvalue weighted by Crippen LogP contribution is -2.09. The number of fused-ring (bicyclic) bond motifs is 1. The van der Waals surface area contributed by atoms with E-state index >= 15 is 0 Å². The molecule has 0 bridgehead atoms. The number of aryl methyl sites for hydroxylation is 1. The zero-order chi connectivity index (χ0) is 17.9. The number of ether oxygens (including phenoxy) is 2. The molecule has 0 spiro atoms. The predicted octanol–water partition coefficient (Wildman–Crippen LogP) is 5.21. The lowest BCUT2D eigenvalue weighted by Gasteiger charge is -2.04. The lowest BCUT2D eigenvalue weighted by molar-refractivity contribution is 0.103. The van der Waals surface area contributed by atoms with Gasteiger partial charge in [0, 0.05) is 10.6 Å². The molecule has 4 nitrogen and oxygen atoms in total. The Balaban J connectivity index is 1.42. The molecule has 2 aromatic carbocycles. The molecule has 0 unspecified atom stereocenters. The number of nitrogens with one attached hydrogen (secondary N) is 1. The summed E-state index contributed by atoms with van der Waals surface area (Å²) in [6.07, 6.45) is 4.04. The minimum atomic E-state index is -0.0771. The number of carbonyl (C=O) groups is 1. The van der Waals surface area contributed by atoms with Crippen molar-refractivity contribution < 1.29 is 14.3 Å². The number of benzene rings is 2. The van der Waals surface area contributed by atoms with Gasteiger partial charge in [-0.2, -0.15) is 0 Å². The number of carbonyl (C=O) groups excluding carboxylic acids is 1. The molecular formula is C21H17NO3S.